The molecular formula is C20H15F3N2OS. The summed E-state index contributed by atoms with van der Waals surface area (Å²) in [6.45, 7) is 0. The summed E-state index contributed by atoms with van der Waals surface area (Å²) >= 11 is 1.60. The van der Waals surface area contributed by atoms with Crippen LogP contribution < -0.4 is 4.74 Å². The van der Waals surface area contributed by atoms with E-state index < -0.39 is 6.36 Å². The van der Waals surface area contributed by atoms with E-state index in [-0.39, 0.29) is 11.8 Å². The maximum Gasteiger partial charge on any atom is 0.573 e. The van der Waals surface area contributed by atoms with E-state index in [0.29, 0.717) is 0 Å². The number of rotatable bonds is 4. The van der Waals surface area contributed by atoms with Gasteiger partial charge in [-0.05, 0) is 41.7 Å². The highest BCUT2D eigenvalue weighted by Gasteiger charge is 2.31. The highest BCUT2D eigenvalue weighted by Crippen LogP contribution is 2.33. The topological polar surface area (TPSA) is 34.5 Å². The monoisotopic (exact) mass is 388 g/mol. The Morgan fingerprint density at radius 1 is 0.963 bits per heavy atom. The molecular weight excluding hydrogens is 373 g/mol. The van der Waals surface area contributed by atoms with Gasteiger partial charge in [0.1, 0.15) is 10.8 Å². The maximum absolute atomic E-state index is 12.2. The van der Waals surface area contributed by atoms with E-state index in [4.69, 9.17) is 4.99 Å². The van der Waals surface area contributed by atoms with Crippen molar-refractivity contribution >= 4 is 17.0 Å². The number of ether oxygens (including phenoxy) is 1. The molecule has 4 rings (SSSR count). The lowest BCUT2D eigenvalue weighted by atomic mass is 9.99. The first-order valence-corrected chi connectivity index (χ1v) is 9.28. The van der Waals surface area contributed by atoms with Gasteiger partial charge in [0.15, 0.2) is 0 Å². The van der Waals surface area contributed by atoms with Crippen LogP contribution in [0.4, 0.5) is 13.2 Å². The average Bonchev–Trinajstić information content (AvgIpc) is 3.33. The molecule has 0 saturated heterocycles. The van der Waals surface area contributed by atoms with E-state index in [0.717, 1.165) is 40.3 Å². The Labute approximate surface area is 158 Å². The lowest BCUT2D eigenvalue weighted by Crippen LogP contribution is -2.16. The third-order valence-electron chi connectivity index (χ3n) is 4.36. The zero-order chi connectivity index (χ0) is 18.9. The number of aromatic nitrogens is 1. The van der Waals surface area contributed by atoms with Crippen molar-refractivity contribution in [2.45, 2.75) is 25.2 Å². The number of halogens is 3. The first-order chi connectivity index (χ1) is 13.0. The van der Waals surface area contributed by atoms with Gasteiger partial charge in [-0.2, -0.15) is 0 Å². The minimum absolute atomic E-state index is 0.125. The molecule has 0 aliphatic carbocycles. The Balaban J connectivity index is 1.48. The van der Waals surface area contributed by atoms with Crippen LogP contribution >= 0.6 is 11.3 Å². The molecule has 0 fully saturated rings. The number of nitrogens with zero attached hydrogens (tertiary/aromatic N) is 2. The Kier molecular flexibility index (Phi) is 4.70. The van der Waals surface area contributed by atoms with E-state index in [9.17, 15) is 13.2 Å². The fraction of sp³-hybridized carbons (Fsp3) is 0.200. The molecule has 1 aliphatic rings. The van der Waals surface area contributed by atoms with Gasteiger partial charge in [0.05, 0.1) is 11.8 Å². The SMILES string of the molecule is FC(F)(F)Oc1ccc(-c2ccc(C3CCC(c4nccs4)=N3)cc2)cc1. The third kappa shape index (κ3) is 4.19. The molecule has 1 aliphatic heterocycles. The van der Waals surface area contributed by atoms with Crippen molar-refractivity contribution in [2.24, 2.45) is 4.99 Å². The van der Waals surface area contributed by atoms with Crippen LogP contribution in [-0.4, -0.2) is 17.1 Å². The molecule has 3 aromatic rings. The Morgan fingerprint density at radius 2 is 1.63 bits per heavy atom. The summed E-state index contributed by atoms with van der Waals surface area (Å²) in [6.07, 6.45) is -1.02. The summed E-state index contributed by atoms with van der Waals surface area (Å²) in [7, 11) is 0. The molecule has 138 valence electrons. The zero-order valence-electron chi connectivity index (χ0n) is 14.1. The van der Waals surface area contributed by atoms with Gasteiger partial charge >= 0.3 is 6.36 Å². The fourth-order valence-corrected chi connectivity index (χ4v) is 3.77. The van der Waals surface area contributed by atoms with Gasteiger partial charge in [0.2, 0.25) is 0 Å². The number of aliphatic imine (C=N–C) groups is 1. The van der Waals surface area contributed by atoms with Crippen molar-refractivity contribution in [1.82, 2.24) is 4.98 Å². The summed E-state index contributed by atoms with van der Waals surface area (Å²) in [6, 6.07) is 14.0. The molecule has 2 heterocycles. The molecule has 0 amide bonds. The highest BCUT2D eigenvalue weighted by molar-refractivity contribution is 7.11. The molecule has 3 nitrogen and oxygen atoms in total. The Morgan fingerprint density at radius 3 is 2.22 bits per heavy atom. The normalized spacial score (nSPS) is 17.0. The van der Waals surface area contributed by atoms with Crippen molar-refractivity contribution in [3.8, 4) is 16.9 Å². The standard InChI is InChI=1S/C20H15F3N2OS/c21-20(22,23)26-16-7-5-14(6-8-16)13-1-3-15(4-2-13)17-9-10-18(25-17)19-24-11-12-27-19/h1-8,11-12,17H,9-10H2. The Bertz CT molecular complexity index is 933. The predicted molar refractivity (Wildman–Crippen MR) is 99.2 cm³/mol. The van der Waals surface area contributed by atoms with Crippen molar-refractivity contribution in [1.29, 1.82) is 0 Å². The zero-order valence-corrected chi connectivity index (χ0v) is 14.9. The van der Waals surface area contributed by atoms with E-state index in [1.165, 1.54) is 12.1 Å². The summed E-state index contributed by atoms with van der Waals surface area (Å²) in [5.74, 6) is -0.224. The second-order valence-electron chi connectivity index (χ2n) is 6.16. The van der Waals surface area contributed by atoms with Crippen LogP contribution in [0.25, 0.3) is 11.1 Å². The smallest absolute Gasteiger partial charge is 0.406 e. The predicted octanol–water partition coefficient (Wildman–Crippen LogP) is 6.03. The summed E-state index contributed by atoms with van der Waals surface area (Å²) in [4.78, 5) is 9.11. The van der Waals surface area contributed by atoms with Crippen LogP contribution in [0.15, 0.2) is 65.1 Å². The van der Waals surface area contributed by atoms with E-state index in [1.807, 2.05) is 29.6 Å². The van der Waals surface area contributed by atoms with Crippen molar-refractivity contribution in [3.63, 3.8) is 0 Å². The van der Waals surface area contributed by atoms with E-state index in [2.05, 4.69) is 9.72 Å². The molecule has 1 atom stereocenters. The van der Waals surface area contributed by atoms with Crippen molar-refractivity contribution in [3.05, 3.63) is 70.7 Å². The largest absolute Gasteiger partial charge is 0.573 e. The molecule has 0 radical (unpaired) electrons. The van der Waals surface area contributed by atoms with Crippen LogP contribution in [0.2, 0.25) is 0 Å². The lowest BCUT2D eigenvalue weighted by Gasteiger charge is -2.10. The second-order valence-corrected chi connectivity index (χ2v) is 7.06. The van der Waals surface area contributed by atoms with Crippen LogP contribution in [0.1, 0.15) is 29.5 Å². The van der Waals surface area contributed by atoms with Crippen LogP contribution in [0.3, 0.4) is 0 Å². The molecule has 27 heavy (non-hydrogen) atoms. The lowest BCUT2D eigenvalue weighted by molar-refractivity contribution is -0.274. The number of thiazole rings is 1. The van der Waals surface area contributed by atoms with Gasteiger partial charge in [0, 0.05) is 11.6 Å². The molecule has 1 unspecified atom stereocenters. The summed E-state index contributed by atoms with van der Waals surface area (Å²) in [5, 5.41) is 2.93. The van der Waals surface area contributed by atoms with E-state index >= 15 is 0 Å². The summed E-state index contributed by atoms with van der Waals surface area (Å²) < 4.78 is 40.6. The van der Waals surface area contributed by atoms with Crippen LogP contribution in [-0.2, 0) is 0 Å². The number of alkyl halides is 3. The highest BCUT2D eigenvalue weighted by atomic mass is 32.1. The van der Waals surface area contributed by atoms with Crippen molar-refractivity contribution in [2.75, 3.05) is 0 Å². The fourth-order valence-electron chi connectivity index (χ4n) is 3.11. The molecule has 2 aromatic carbocycles. The van der Waals surface area contributed by atoms with Crippen LogP contribution in [0, 0.1) is 0 Å². The quantitative estimate of drug-likeness (QED) is 0.547. The molecule has 7 heteroatoms. The van der Waals surface area contributed by atoms with Gasteiger partial charge in [0.25, 0.3) is 0 Å². The first kappa shape index (κ1) is 17.7. The molecule has 1 aromatic heterocycles. The second kappa shape index (κ2) is 7.15. The molecule has 0 N–H and O–H groups in total. The Hall–Kier alpha value is -2.67. The van der Waals surface area contributed by atoms with Gasteiger partial charge in [-0.3, -0.25) is 4.99 Å². The maximum atomic E-state index is 12.2. The number of benzene rings is 2. The minimum atomic E-state index is -4.68. The van der Waals surface area contributed by atoms with Gasteiger partial charge in [-0.1, -0.05) is 36.4 Å². The van der Waals surface area contributed by atoms with Gasteiger partial charge < -0.3 is 4.74 Å². The van der Waals surface area contributed by atoms with Gasteiger partial charge in [-0.25, -0.2) is 4.98 Å². The van der Waals surface area contributed by atoms with E-state index in [1.54, 1.807) is 29.7 Å². The van der Waals surface area contributed by atoms with Crippen molar-refractivity contribution < 1.29 is 17.9 Å². The van der Waals surface area contributed by atoms with Gasteiger partial charge in [-0.15, -0.1) is 24.5 Å². The minimum Gasteiger partial charge on any atom is -0.406 e. The first-order valence-electron chi connectivity index (χ1n) is 8.41. The molecule has 0 bridgehead atoms. The summed E-state index contributed by atoms with van der Waals surface area (Å²) in [5.41, 5.74) is 3.94. The number of hydrogen-bond donors (Lipinski definition) is 0. The average molecular weight is 388 g/mol. The molecule has 0 saturated carbocycles. The number of hydrogen-bond acceptors (Lipinski definition) is 4. The third-order valence-corrected chi connectivity index (χ3v) is 5.18. The van der Waals surface area contributed by atoms with Crippen LogP contribution in [0.5, 0.6) is 5.75 Å². The molecule has 0 spiro atoms.